The standard InChI is InChI=1S/C31H19N2.C13H24O2.Ir/c1-3-9-21(10-4-1)23-17-18-24-20-32-30-26-15-7-11-22-12-8-16-28(29(22)26)33(31(30)27(24)19-23)25-13-5-2-6-14-25;1-5-10(6-2)12(14)9-13(15)11(7-3)8-4;/h1-14,16-20H;9-11,14H,5-8H2,1-4H3;/q-1;;/b;12-9-;. The molecule has 6 aromatic rings. The molecule has 0 amide bonds. The Labute approximate surface area is 303 Å². The van der Waals surface area contributed by atoms with Crippen LogP contribution in [0.4, 0.5) is 17.1 Å². The second-order valence-electron chi connectivity index (χ2n) is 12.4. The van der Waals surface area contributed by atoms with Gasteiger partial charge in [0.25, 0.3) is 0 Å². The second-order valence-corrected chi connectivity index (χ2v) is 12.4. The Kier molecular flexibility index (Phi) is 11.8. The van der Waals surface area contributed by atoms with Crippen molar-refractivity contribution >= 4 is 44.4 Å². The summed E-state index contributed by atoms with van der Waals surface area (Å²) in [5, 5.41) is 14.5. The van der Waals surface area contributed by atoms with Crippen LogP contribution in [0.3, 0.4) is 0 Å². The van der Waals surface area contributed by atoms with Crippen molar-refractivity contribution in [3.63, 3.8) is 0 Å². The normalized spacial score (nSPS) is 12.0. The van der Waals surface area contributed by atoms with E-state index in [1.165, 1.54) is 33.4 Å². The van der Waals surface area contributed by atoms with Gasteiger partial charge in [-0.2, -0.15) is 0 Å². The molecule has 1 aliphatic rings. The van der Waals surface area contributed by atoms with E-state index in [-0.39, 0.29) is 43.5 Å². The van der Waals surface area contributed by atoms with Gasteiger partial charge in [0.05, 0.1) is 5.76 Å². The molecule has 1 aromatic heterocycles. The molecular weight excluding hydrogens is 781 g/mol. The number of carbonyl (C=O) groups excluding carboxylic acids is 1. The predicted octanol–water partition coefficient (Wildman–Crippen LogP) is 12.2. The Morgan fingerprint density at radius 1 is 0.776 bits per heavy atom. The monoisotopic (exact) mass is 824 g/mol. The van der Waals surface area contributed by atoms with Crippen molar-refractivity contribution in [2.45, 2.75) is 53.4 Å². The molecule has 1 radical (unpaired) electrons. The third kappa shape index (κ3) is 7.25. The predicted molar refractivity (Wildman–Crippen MR) is 201 cm³/mol. The molecule has 5 heteroatoms. The van der Waals surface area contributed by atoms with Crippen molar-refractivity contribution in [1.82, 2.24) is 4.98 Å². The summed E-state index contributed by atoms with van der Waals surface area (Å²) in [5.41, 5.74) is 7.85. The van der Waals surface area contributed by atoms with E-state index >= 15 is 0 Å². The number of rotatable bonds is 9. The quantitative estimate of drug-likeness (QED) is 0.0895. The summed E-state index contributed by atoms with van der Waals surface area (Å²) < 4.78 is 0. The third-order valence-electron chi connectivity index (χ3n) is 9.59. The Bertz CT molecular complexity index is 2060. The Hall–Kier alpha value is -4.57. The Morgan fingerprint density at radius 2 is 1.45 bits per heavy atom. The van der Waals surface area contributed by atoms with Gasteiger partial charge in [0.1, 0.15) is 0 Å². The summed E-state index contributed by atoms with van der Waals surface area (Å²) in [6, 6.07) is 41.9. The number of carbonyl (C=O) groups is 1. The van der Waals surface area contributed by atoms with Gasteiger partial charge in [0, 0.05) is 77.7 Å². The number of ketones is 1. The summed E-state index contributed by atoms with van der Waals surface area (Å²) in [5.74, 6) is 0.547. The van der Waals surface area contributed by atoms with Gasteiger partial charge in [-0.1, -0.05) is 111 Å². The average molecular weight is 824 g/mol. The molecule has 4 nitrogen and oxygen atoms in total. The van der Waals surface area contributed by atoms with Crippen LogP contribution >= 0.6 is 0 Å². The number of allylic oxidation sites excluding steroid dienone is 2. The average Bonchev–Trinajstić information content (AvgIpc) is 3.13. The largest absolute Gasteiger partial charge is 0.512 e. The molecule has 251 valence electrons. The fraction of sp³-hybridized carbons (Fsp3) is 0.227. The van der Waals surface area contributed by atoms with Crippen LogP contribution in [-0.4, -0.2) is 15.9 Å². The number of pyridine rings is 1. The molecule has 7 rings (SSSR count). The fourth-order valence-corrected chi connectivity index (χ4v) is 6.79. The first-order valence-electron chi connectivity index (χ1n) is 17.2. The summed E-state index contributed by atoms with van der Waals surface area (Å²) in [6.07, 6.45) is 6.90. The van der Waals surface area contributed by atoms with E-state index in [9.17, 15) is 9.90 Å². The zero-order valence-corrected chi connectivity index (χ0v) is 31.0. The van der Waals surface area contributed by atoms with E-state index in [0.29, 0.717) is 0 Å². The molecule has 0 spiro atoms. The number of anilines is 3. The summed E-state index contributed by atoms with van der Waals surface area (Å²) in [7, 11) is 0. The van der Waals surface area contributed by atoms with Gasteiger partial charge in [0.15, 0.2) is 5.78 Å². The van der Waals surface area contributed by atoms with Crippen molar-refractivity contribution in [2.24, 2.45) is 11.8 Å². The third-order valence-corrected chi connectivity index (χ3v) is 9.59. The minimum atomic E-state index is 0. The van der Waals surface area contributed by atoms with Gasteiger partial charge in [-0.25, -0.2) is 0 Å². The number of nitrogens with zero attached hydrogens (tertiary/aromatic N) is 2. The van der Waals surface area contributed by atoms with Crippen LogP contribution in [0.2, 0.25) is 0 Å². The Balaban J connectivity index is 0.000000252. The van der Waals surface area contributed by atoms with Gasteiger partial charge >= 0.3 is 0 Å². The molecule has 5 aromatic carbocycles. The molecule has 0 bridgehead atoms. The number of hydrogen-bond acceptors (Lipinski definition) is 4. The molecule has 1 aliphatic heterocycles. The fourth-order valence-electron chi connectivity index (χ4n) is 6.79. The maximum Gasteiger partial charge on any atom is 0.162 e. The molecule has 49 heavy (non-hydrogen) atoms. The van der Waals surface area contributed by atoms with Crippen molar-refractivity contribution in [3.8, 4) is 22.4 Å². The molecule has 0 unspecified atom stereocenters. The number of para-hydroxylation sites is 1. The number of hydrogen-bond donors (Lipinski definition) is 1. The van der Waals surface area contributed by atoms with Gasteiger partial charge < -0.3 is 15.0 Å². The Morgan fingerprint density at radius 3 is 2.12 bits per heavy atom. The molecule has 1 N–H and O–H groups in total. The number of aliphatic hydroxyl groups is 1. The zero-order valence-electron chi connectivity index (χ0n) is 28.6. The zero-order chi connectivity index (χ0) is 33.6. The van der Waals surface area contributed by atoms with Gasteiger partial charge in [0.2, 0.25) is 0 Å². The first-order valence-corrected chi connectivity index (χ1v) is 17.2. The topological polar surface area (TPSA) is 53.4 Å². The molecule has 0 fully saturated rings. The molecule has 0 saturated carbocycles. The van der Waals surface area contributed by atoms with E-state index in [4.69, 9.17) is 4.98 Å². The molecule has 2 heterocycles. The first kappa shape index (κ1) is 35.7. The minimum absolute atomic E-state index is 0. The van der Waals surface area contributed by atoms with Gasteiger partial charge in [-0.3, -0.25) is 4.79 Å². The minimum Gasteiger partial charge on any atom is -0.512 e. The van der Waals surface area contributed by atoms with Crippen molar-refractivity contribution in [3.05, 3.63) is 133 Å². The number of fused-ring (bicyclic) bond motifs is 4. The van der Waals surface area contributed by atoms with E-state index < -0.39 is 0 Å². The van der Waals surface area contributed by atoms with Crippen molar-refractivity contribution < 1.29 is 30.0 Å². The van der Waals surface area contributed by atoms with E-state index in [0.717, 1.165) is 59.4 Å². The van der Waals surface area contributed by atoms with E-state index in [1.807, 2.05) is 40.0 Å². The van der Waals surface area contributed by atoms with Crippen molar-refractivity contribution in [2.75, 3.05) is 4.90 Å². The summed E-state index contributed by atoms with van der Waals surface area (Å²) in [6.45, 7) is 8.07. The van der Waals surface area contributed by atoms with Crippen LogP contribution in [-0.2, 0) is 24.9 Å². The summed E-state index contributed by atoms with van der Waals surface area (Å²) >= 11 is 0. The van der Waals surface area contributed by atoms with Crippen LogP contribution in [0.1, 0.15) is 53.4 Å². The molecule has 0 saturated heterocycles. The maximum absolute atomic E-state index is 11.7. The SMILES string of the molecule is CCC(CC)C(=O)/C=C(\O)C(CC)CC.[Ir].[c-]1ccc2cccc3c2c1-c1ncc2ccc(-c4ccccc4)cc2c1N3c1ccccc1. The van der Waals surface area contributed by atoms with Gasteiger partial charge in [-0.05, 0) is 61.1 Å². The second kappa shape index (κ2) is 16.2. The van der Waals surface area contributed by atoms with Crippen molar-refractivity contribution in [1.29, 1.82) is 0 Å². The van der Waals surface area contributed by atoms with E-state index in [2.05, 4.69) is 114 Å². The van der Waals surface area contributed by atoms with Crippen LogP contribution in [0.15, 0.2) is 127 Å². The van der Waals surface area contributed by atoms with E-state index in [1.54, 1.807) is 0 Å². The number of benzene rings is 5. The van der Waals surface area contributed by atoms with Crippen LogP contribution in [0, 0.1) is 17.9 Å². The molecular formula is C44H43IrN2O2-. The van der Waals surface area contributed by atoms with Crippen LogP contribution in [0.25, 0.3) is 43.9 Å². The molecule has 0 atom stereocenters. The maximum atomic E-state index is 11.7. The first-order chi connectivity index (χ1) is 23.5. The summed E-state index contributed by atoms with van der Waals surface area (Å²) in [4.78, 5) is 19.1. The number of aromatic nitrogens is 1. The number of aliphatic hydroxyl groups excluding tert-OH is 1. The molecule has 0 aliphatic carbocycles. The smallest absolute Gasteiger partial charge is 0.162 e. The van der Waals surface area contributed by atoms with Crippen LogP contribution < -0.4 is 4.90 Å². The van der Waals surface area contributed by atoms with Gasteiger partial charge in [-0.15, -0.1) is 23.8 Å². The van der Waals surface area contributed by atoms with Crippen LogP contribution in [0.5, 0.6) is 0 Å².